The molecule has 0 fully saturated rings. The standard InChI is InChI=1S/C14H17FO/c15-14(10-4-5-12-16)11-6-9-13-7-2-1-3-8-13/h1-3,6-9,11,16H,4-5,10,12H2/b9-6+,14-11-. The van der Waals surface area contributed by atoms with Gasteiger partial charge >= 0.3 is 0 Å². The Hall–Kier alpha value is -1.41. The number of aliphatic hydroxyl groups is 1. The zero-order valence-corrected chi connectivity index (χ0v) is 9.27. The summed E-state index contributed by atoms with van der Waals surface area (Å²) in [5, 5.41) is 8.55. The minimum Gasteiger partial charge on any atom is -0.396 e. The van der Waals surface area contributed by atoms with E-state index in [4.69, 9.17) is 5.11 Å². The van der Waals surface area contributed by atoms with Gasteiger partial charge in [0, 0.05) is 6.61 Å². The van der Waals surface area contributed by atoms with Crippen molar-refractivity contribution in [3.05, 3.63) is 53.9 Å². The minimum atomic E-state index is -0.138. The van der Waals surface area contributed by atoms with E-state index in [0.29, 0.717) is 19.3 Å². The van der Waals surface area contributed by atoms with Gasteiger partial charge in [0.15, 0.2) is 0 Å². The van der Waals surface area contributed by atoms with E-state index in [1.807, 2.05) is 36.4 Å². The molecule has 1 rings (SSSR count). The van der Waals surface area contributed by atoms with Crippen LogP contribution >= 0.6 is 0 Å². The van der Waals surface area contributed by atoms with Crippen LogP contribution in [0.15, 0.2) is 48.3 Å². The highest BCUT2D eigenvalue weighted by Gasteiger charge is 1.92. The van der Waals surface area contributed by atoms with Crippen LogP contribution in [0, 0.1) is 0 Å². The Labute approximate surface area is 95.9 Å². The lowest BCUT2D eigenvalue weighted by atomic mass is 10.2. The molecule has 1 aromatic rings. The van der Waals surface area contributed by atoms with Crippen molar-refractivity contribution in [3.63, 3.8) is 0 Å². The molecule has 0 bridgehead atoms. The molecule has 1 N–H and O–H groups in total. The van der Waals surface area contributed by atoms with Gasteiger partial charge in [-0.05, 0) is 30.9 Å². The molecule has 2 heteroatoms. The van der Waals surface area contributed by atoms with E-state index < -0.39 is 0 Å². The molecular weight excluding hydrogens is 203 g/mol. The lowest BCUT2D eigenvalue weighted by molar-refractivity contribution is 0.283. The SMILES string of the molecule is OCCCC/C(F)=C/C=C/c1ccccc1. The van der Waals surface area contributed by atoms with Crippen LogP contribution in [0.25, 0.3) is 6.08 Å². The van der Waals surface area contributed by atoms with Crippen LogP contribution in [-0.2, 0) is 0 Å². The number of unbranched alkanes of at least 4 members (excludes halogenated alkanes) is 1. The lowest BCUT2D eigenvalue weighted by Gasteiger charge is -1.94. The van der Waals surface area contributed by atoms with Crippen molar-refractivity contribution in [2.45, 2.75) is 19.3 Å². The van der Waals surface area contributed by atoms with E-state index >= 15 is 0 Å². The lowest BCUT2D eigenvalue weighted by Crippen LogP contribution is -1.82. The first kappa shape index (κ1) is 12.7. The van der Waals surface area contributed by atoms with E-state index in [1.54, 1.807) is 6.08 Å². The average Bonchev–Trinajstić information content (AvgIpc) is 2.31. The number of halogens is 1. The van der Waals surface area contributed by atoms with Gasteiger partial charge in [0.2, 0.25) is 0 Å². The summed E-state index contributed by atoms with van der Waals surface area (Å²) in [6.07, 6.45) is 6.81. The summed E-state index contributed by atoms with van der Waals surface area (Å²) in [5.41, 5.74) is 1.06. The third-order valence-electron chi connectivity index (χ3n) is 2.19. The molecule has 0 atom stereocenters. The van der Waals surface area contributed by atoms with Crippen LogP contribution in [0.1, 0.15) is 24.8 Å². The van der Waals surface area contributed by atoms with Gasteiger partial charge in [0.05, 0.1) is 5.83 Å². The fraction of sp³-hybridized carbons (Fsp3) is 0.286. The summed E-state index contributed by atoms with van der Waals surface area (Å²) in [4.78, 5) is 0. The molecule has 86 valence electrons. The predicted molar refractivity (Wildman–Crippen MR) is 65.6 cm³/mol. The van der Waals surface area contributed by atoms with Crippen molar-refractivity contribution in [2.24, 2.45) is 0 Å². The maximum absolute atomic E-state index is 13.2. The van der Waals surface area contributed by atoms with Crippen LogP contribution in [-0.4, -0.2) is 11.7 Å². The molecule has 0 aliphatic heterocycles. The van der Waals surface area contributed by atoms with Gasteiger partial charge in [0.1, 0.15) is 0 Å². The van der Waals surface area contributed by atoms with Crippen molar-refractivity contribution in [1.29, 1.82) is 0 Å². The maximum atomic E-state index is 13.2. The van der Waals surface area contributed by atoms with E-state index in [2.05, 4.69) is 0 Å². The molecule has 16 heavy (non-hydrogen) atoms. The molecule has 0 aliphatic rings. The fourth-order valence-electron chi connectivity index (χ4n) is 1.32. The predicted octanol–water partition coefficient (Wildman–Crippen LogP) is 3.72. The third-order valence-corrected chi connectivity index (χ3v) is 2.19. The van der Waals surface area contributed by atoms with Gasteiger partial charge in [-0.1, -0.05) is 42.5 Å². The quantitative estimate of drug-likeness (QED) is 0.572. The number of allylic oxidation sites excluding steroid dienone is 3. The molecule has 0 amide bonds. The van der Waals surface area contributed by atoms with Crippen LogP contribution in [0.3, 0.4) is 0 Å². The normalized spacial score (nSPS) is 12.2. The average molecular weight is 220 g/mol. The molecule has 0 aromatic heterocycles. The molecule has 0 heterocycles. The van der Waals surface area contributed by atoms with Crippen LogP contribution in [0.4, 0.5) is 4.39 Å². The first-order valence-corrected chi connectivity index (χ1v) is 5.51. The van der Waals surface area contributed by atoms with Crippen LogP contribution in [0.2, 0.25) is 0 Å². The second kappa shape index (κ2) is 7.83. The number of rotatable bonds is 6. The third kappa shape index (κ3) is 5.47. The molecular formula is C14H17FO. The Kier molecular flexibility index (Phi) is 6.19. The van der Waals surface area contributed by atoms with Gasteiger partial charge in [-0.15, -0.1) is 0 Å². The minimum absolute atomic E-state index is 0.132. The number of benzene rings is 1. The Morgan fingerprint density at radius 3 is 2.62 bits per heavy atom. The highest BCUT2D eigenvalue weighted by Crippen LogP contribution is 2.09. The first-order chi connectivity index (χ1) is 7.83. The zero-order valence-electron chi connectivity index (χ0n) is 9.27. The zero-order chi connectivity index (χ0) is 11.6. The van der Waals surface area contributed by atoms with Crippen LogP contribution in [0.5, 0.6) is 0 Å². The first-order valence-electron chi connectivity index (χ1n) is 5.51. The molecule has 1 nitrogen and oxygen atoms in total. The summed E-state index contributed by atoms with van der Waals surface area (Å²) in [6, 6.07) is 9.77. The van der Waals surface area contributed by atoms with Crippen molar-refractivity contribution in [1.82, 2.24) is 0 Å². The van der Waals surface area contributed by atoms with Crippen LogP contribution < -0.4 is 0 Å². The van der Waals surface area contributed by atoms with Gasteiger partial charge in [-0.2, -0.15) is 0 Å². The summed E-state index contributed by atoms with van der Waals surface area (Å²) < 4.78 is 13.2. The molecule has 0 radical (unpaired) electrons. The second-order valence-electron chi connectivity index (χ2n) is 3.56. The number of hydrogen-bond acceptors (Lipinski definition) is 1. The topological polar surface area (TPSA) is 20.2 Å². The summed E-state index contributed by atoms with van der Waals surface area (Å²) in [5.74, 6) is -0.138. The highest BCUT2D eigenvalue weighted by molar-refractivity contribution is 5.50. The Morgan fingerprint density at radius 1 is 1.19 bits per heavy atom. The number of hydrogen-bond donors (Lipinski definition) is 1. The van der Waals surface area contributed by atoms with Gasteiger partial charge in [0.25, 0.3) is 0 Å². The van der Waals surface area contributed by atoms with Crippen molar-refractivity contribution in [2.75, 3.05) is 6.61 Å². The molecule has 0 saturated carbocycles. The molecule has 0 unspecified atom stereocenters. The monoisotopic (exact) mass is 220 g/mol. The van der Waals surface area contributed by atoms with Gasteiger partial charge < -0.3 is 5.11 Å². The largest absolute Gasteiger partial charge is 0.396 e. The highest BCUT2D eigenvalue weighted by atomic mass is 19.1. The van der Waals surface area contributed by atoms with Crippen molar-refractivity contribution in [3.8, 4) is 0 Å². The Bertz CT molecular complexity index is 341. The Morgan fingerprint density at radius 2 is 1.94 bits per heavy atom. The van der Waals surface area contributed by atoms with E-state index in [1.165, 1.54) is 6.08 Å². The maximum Gasteiger partial charge on any atom is 0.0999 e. The van der Waals surface area contributed by atoms with E-state index in [9.17, 15) is 4.39 Å². The smallest absolute Gasteiger partial charge is 0.0999 e. The molecule has 0 spiro atoms. The molecule has 1 aromatic carbocycles. The summed E-state index contributed by atoms with van der Waals surface area (Å²) >= 11 is 0. The fourth-order valence-corrected chi connectivity index (χ4v) is 1.32. The molecule has 0 aliphatic carbocycles. The molecule has 0 saturated heterocycles. The van der Waals surface area contributed by atoms with E-state index in [-0.39, 0.29) is 12.4 Å². The van der Waals surface area contributed by atoms with Crippen molar-refractivity contribution >= 4 is 6.08 Å². The Balaban J connectivity index is 2.37. The van der Waals surface area contributed by atoms with Crippen molar-refractivity contribution < 1.29 is 9.50 Å². The number of aliphatic hydroxyl groups excluding tert-OH is 1. The van der Waals surface area contributed by atoms with Gasteiger partial charge in [-0.3, -0.25) is 0 Å². The van der Waals surface area contributed by atoms with E-state index in [0.717, 1.165) is 5.56 Å². The second-order valence-corrected chi connectivity index (χ2v) is 3.56. The summed E-state index contributed by atoms with van der Waals surface area (Å²) in [6.45, 7) is 0.132. The summed E-state index contributed by atoms with van der Waals surface area (Å²) in [7, 11) is 0. The van der Waals surface area contributed by atoms with Gasteiger partial charge in [-0.25, -0.2) is 4.39 Å².